The van der Waals surface area contributed by atoms with Gasteiger partial charge < -0.3 is 14.8 Å². The normalized spacial score (nSPS) is 34.6. The first-order valence-corrected chi connectivity index (χ1v) is 4.89. The van der Waals surface area contributed by atoms with E-state index in [0.29, 0.717) is 6.61 Å². The minimum Gasteiger partial charge on any atom is -0.464 e. The van der Waals surface area contributed by atoms with E-state index < -0.39 is 0 Å². The SMILES string of the molecule is O=C1OCCC1O[C@H]1CCCNC1. The molecule has 13 heavy (non-hydrogen) atoms. The average molecular weight is 185 g/mol. The second-order valence-corrected chi connectivity index (χ2v) is 3.55. The molecule has 2 saturated heterocycles. The van der Waals surface area contributed by atoms with Gasteiger partial charge in [0, 0.05) is 13.0 Å². The molecule has 2 aliphatic rings. The Balaban J connectivity index is 1.79. The van der Waals surface area contributed by atoms with Crippen LogP contribution in [0.3, 0.4) is 0 Å². The molecule has 2 rings (SSSR count). The molecule has 2 atom stereocenters. The molecule has 0 aromatic rings. The molecule has 0 spiro atoms. The van der Waals surface area contributed by atoms with Crippen molar-refractivity contribution >= 4 is 5.97 Å². The fraction of sp³-hybridized carbons (Fsp3) is 0.889. The average Bonchev–Trinajstić information content (AvgIpc) is 2.54. The van der Waals surface area contributed by atoms with Crippen molar-refractivity contribution < 1.29 is 14.3 Å². The minimum atomic E-state index is -0.301. The predicted molar refractivity (Wildman–Crippen MR) is 46.3 cm³/mol. The van der Waals surface area contributed by atoms with Crippen LogP contribution in [0.15, 0.2) is 0 Å². The molecule has 0 amide bonds. The van der Waals surface area contributed by atoms with E-state index in [2.05, 4.69) is 5.32 Å². The Kier molecular flexibility index (Phi) is 2.80. The van der Waals surface area contributed by atoms with Crippen LogP contribution in [-0.4, -0.2) is 37.9 Å². The molecular weight excluding hydrogens is 170 g/mol. The first-order valence-electron chi connectivity index (χ1n) is 4.89. The largest absolute Gasteiger partial charge is 0.464 e. The molecule has 2 heterocycles. The van der Waals surface area contributed by atoms with Gasteiger partial charge >= 0.3 is 5.97 Å². The van der Waals surface area contributed by atoms with Crippen molar-refractivity contribution in [3.8, 4) is 0 Å². The predicted octanol–water partition coefficient (Wildman–Crippen LogP) is 0.0705. The Morgan fingerprint density at radius 2 is 2.38 bits per heavy atom. The summed E-state index contributed by atoms with van der Waals surface area (Å²) in [6, 6.07) is 0. The molecule has 2 aliphatic heterocycles. The monoisotopic (exact) mass is 185 g/mol. The van der Waals surface area contributed by atoms with E-state index in [1.807, 2.05) is 0 Å². The van der Waals surface area contributed by atoms with Crippen molar-refractivity contribution in [2.75, 3.05) is 19.7 Å². The van der Waals surface area contributed by atoms with E-state index in [1.54, 1.807) is 0 Å². The lowest BCUT2D eigenvalue weighted by Gasteiger charge is -2.24. The lowest BCUT2D eigenvalue weighted by Crippen LogP contribution is -2.38. The highest BCUT2D eigenvalue weighted by Crippen LogP contribution is 2.15. The van der Waals surface area contributed by atoms with Gasteiger partial charge in [-0.3, -0.25) is 0 Å². The van der Waals surface area contributed by atoms with E-state index >= 15 is 0 Å². The van der Waals surface area contributed by atoms with Gasteiger partial charge in [0.2, 0.25) is 0 Å². The zero-order chi connectivity index (χ0) is 9.10. The fourth-order valence-electron chi connectivity index (χ4n) is 1.77. The molecule has 2 fully saturated rings. The Hall–Kier alpha value is -0.610. The summed E-state index contributed by atoms with van der Waals surface area (Å²) in [5.41, 5.74) is 0. The second-order valence-electron chi connectivity index (χ2n) is 3.55. The van der Waals surface area contributed by atoms with Crippen LogP contribution < -0.4 is 5.32 Å². The number of ether oxygens (including phenoxy) is 2. The molecule has 4 heteroatoms. The Morgan fingerprint density at radius 3 is 3.00 bits per heavy atom. The smallest absolute Gasteiger partial charge is 0.335 e. The maximum absolute atomic E-state index is 11.1. The molecule has 0 bridgehead atoms. The van der Waals surface area contributed by atoms with Crippen molar-refractivity contribution in [3.05, 3.63) is 0 Å². The van der Waals surface area contributed by atoms with Crippen LogP contribution in [0.25, 0.3) is 0 Å². The van der Waals surface area contributed by atoms with Crippen LogP contribution in [0.2, 0.25) is 0 Å². The number of carbonyl (C=O) groups is 1. The van der Waals surface area contributed by atoms with E-state index in [9.17, 15) is 4.79 Å². The zero-order valence-corrected chi connectivity index (χ0v) is 7.62. The number of hydrogen-bond acceptors (Lipinski definition) is 4. The van der Waals surface area contributed by atoms with Gasteiger partial charge in [-0.1, -0.05) is 0 Å². The highest BCUT2D eigenvalue weighted by Gasteiger charge is 2.30. The van der Waals surface area contributed by atoms with Gasteiger partial charge in [-0.05, 0) is 19.4 Å². The number of nitrogens with one attached hydrogen (secondary N) is 1. The third-order valence-corrected chi connectivity index (χ3v) is 2.50. The first kappa shape index (κ1) is 8.97. The van der Waals surface area contributed by atoms with Gasteiger partial charge in [0.05, 0.1) is 12.7 Å². The molecule has 4 nitrogen and oxygen atoms in total. The molecule has 74 valence electrons. The van der Waals surface area contributed by atoms with Crippen LogP contribution in [-0.2, 0) is 14.3 Å². The summed E-state index contributed by atoms with van der Waals surface area (Å²) in [6.45, 7) is 2.45. The van der Waals surface area contributed by atoms with E-state index in [1.165, 1.54) is 0 Å². The van der Waals surface area contributed by atoms with Crippen molar-refractivity contribution in [1.82, 2.24) is 5.32 Å². The lowest BCUT2D eigenvalue weighted by atomic mass is 10.1. The second kappa shape index (κ2) is 4.07. The minimum absolute atomic E-state index is 0.189. The van der Waals surface area contributed by atoms with Crippen LogP contribution in [0.1, 0.15) is 19.3 Å². The number of hydrogen-bond donors (Lipinski definition) is 1. The third-order valence-electron chi connectivity index (χ3n) is 2.50. The highest BCUT2D eigenvalue weighted by molar-refractivity contribution is 5.76. The van der Waals surface area contributed by atoms with Gasteiger partial charge in [0.15, 0.2) is 6.10 Å². The zero-order valence-electron chi connectivity index (χ0n) is 7.62. The summed E-state index contributed by atoms with van der Waals surface area (Å²) < 4.78 is 10.5. The number of piperidine rings is 1. The Morgan fingerprint density at radius 1 is 1.46 bits per heavy atom. The summed E-state index contributed by atoms with van der Waals surface area (Å²) in [5.74, 6) is -0.189. The molecule has 0 aliphatic carbocycles. The molecule has 0 saturated carbocycles. The van der Waals surface area contributed by atoms with Gasteiger partial charge in [-0.25, -0.2) is 4.79 Å². The van der Waals surface area contributed by atoms with Crippen LogP contribution in [0, 0.1) is 0 Å². The number of rotatable bonds is 2. The van der Waals surface area contributed by atoms with Crippen LogP contribution in [0.5, 0.6) is 0 Å². The standard InChI is InChI=1S/C9H15NO3/c11-9-8(3-5-12-9)13-7-2-1-4-10-6-7/h7-8,10H,1-6H2/t7-,8?/m0/s1. The molecule has 1 unspecified atom stereocenters. The number of esters is 1. The Bertz CT molecular complexity index is 189. The maximum atomic E-state index is 11.1. The molecule has 1 N–H and O–H groups in total. The summed E-state index contributed by atoms with van der Waals surface area (Å²) >= 11 is 0. The lowest BCUT2D eigenvalue weighted by molar-refractivity contribution is -0.150. The van der Waals surface area contributed by atoms with Crippen molar-refractivity contribution in [2.24, 2.45) is 0 Å². The van der Waals surface area contributed by atoms with Gasteiger partial charge in [-0.2, -0.15) is 0 Å². The van der Waals surface area contributed by atoms with E-state index in [0.717, 1.165) is 32.4 Å². The number of cyclic esters (lactones) is 1. The summed E-state index contributed by atoms with van der Waals surface area (Å²) in [7, 11) is 0. The summed E-state index contributed by atoms with van der Waals surface area (Å²) in [6.07, 6.45) is 2.80. The van der Waals surface area contributed by atoms with Gasteiger partial charge in [0.1, 0.15) is 0 Å². The molecular formula is C9H15NO3. The maximum Gasteiger partial charge on any atom is 0.335 e. The van der Waals surface area contributed by atoms with Crippen molar-refractivity contribution in [3.63, 3.8) is 0 Å². The van der Waals surface area contributed by atoms with Crippen LogP contribution in [0.4, 0.5) is 0 Å². The van der Waals surface area contributed by atoms with Gasteiger partial charge in [-0.15, -0.1) is 0 Å². The van der Waals surface area contributed by atoms with Crippen molar-refractivity contribution in [2.45, 2.75) is 31.5 Å². The summed E-state index contributed by atoms with van der Waals surface area (Å²) in [5, 5.41) is 3.25. The highest BCUT2D eigenvalue weighted by atomic mass is 16.6. The summed E-state index contributed by atoms with van der Waals surface area (Å²) in [4.78, 5) is 11.1. The Labute approximate surface area is 77.6 Å². The first-order chi connectivity index (χ1) is 6.36. The van der Waals surface area contributed by atoms with E-state index in [-0.39, 0.29) is 18.2 Å². The van der Waals surface area contributed by atoms with E-state index in [4.69, 9.17) is 9.47 Å². The molecule has 0 radical (unpaired) electrons. The fourth-order valence-corrected chi connectivity index (χ4v) is 1.77. The topological polar surface area (TPSA) is 47.6 Å². The molecule has 0 aromatic carbocycles. The van der Waals surface area contributed by atoms with Gasteiger partial charge in [0.25, 0.3) is 0 Å². The van der Waals surface area contributed by atoms with Crippen LogP contribution >= 0.6 is 0 Å². The third kappa shape index (κ3) is 2.19. The molecule has 0 aromatic heterocycles. The number of carbonyl (C=O) groups excluding carboxylic acids is 1. The quantitative estimate of drug-likeness (QED) is 0.618. The van der Waals surface area contributed by atoms with Crippen molar-refractivity contribution in [1.29, 1.82) is 0 Å².